The fourth-order valence-corrected chi connectivity index (χ4v) is 2.21. The van der Waals surface area contributed by atoms with Crippen molar-refractivity contribution in [1.29, 1.82) is 0 Å². The highest BCUT2D eigenvalue weighted by molar-refractivity contribution is 7.85. The van der Waals surface area contributed by atoms with Crippen LogP contribution in [-0.4, -0.2) is 9.96 Å². The summed E-state index contributed by atoms with van der Waals surface area (Å²) in [5, 5.41) is 0.641. The average molecular weight is 215 g/mol. The van der Waals surface area contributed by atoms with Crippen LogP contribution in [0.15, 0.2) is 46.3 Å². The molecule has 0 bridgehead atoms. The third kappa shape index (κ3) is 3.33. The van der Waals surface area contributed by atoms with Gasteiger partial charge in [-0.05, 0) is 19.1 Å². The Hall–Kier alpha value is -0.600. The molecule has 0 aliphatic carbocycles. The Morgan fingerprint density at radius 2 is 2.08 bits per heavy atom. The number of halogens is 1. The van der Waals surface area contributed by atoms with Crippen molar-refractivity contribution in [2.75, 3.05) is 5.75 Å². The van der Waals surface area contributed by atoms with Gasteiger partial charge < -0.3 is 0 Å². The van der Waals surface area contributed by atoms with Crippen LogP contribution in [0.3, 0.4) is 0 Å². The van der Waals surface area contributed by atoms with E-state index in [4.69, 9.17) is 11.6 Å². The van der Waals surface area contributed by atoms with Crippen molar-refractivity contribution in [3.8, 4) is 0 Å². The van der Waals surface area contributed by atoms with Gasteiger partial charge >= 0.3 is 0 Å². The van der Waals surface area contributed by atoms with Gasteiger partial charge in [-0.1, -0.05) is 35.9 Å². The van der Waals surface area contributed by atoms with E-state index >= 15 is 0 Å². The predicted molar refractivity (Wildman–Crippen MR) is 57.3 cm³/mol. The normalized spacial score (nSPS) is 14.2. The Kier molecular flexibility index (Phi) is 4.19. The molecule has 1 unspecified atom stereocenters. The summed E-state index contributed by atoms with van der Waals surface area (Å²) in [6.07, 6.45) is 1.77. The van der Waals surface area contributed by atoms with E-state index in [2.05, 4.69) is 0 Å². The Morgan fingerprint density at radius 3 is 2.62 bits per heavy atom. The molecule has 0 aliphatic rings. The van der Waals surface area contributed by atoms with E-state index in [0.717, 1.165) is 4.90 Å². The number of rotatable bonds is 3. The van der Waals surface area contributed by atoms with Crippen LogP contribution in [0.1, 0.15) is 6.92 Å². The van der Waals surface area contributed by atoms with Gasteiger partial charge in [-0.2, -0.15) is 0 Å². The zero-order valence-corrected chi connectivity index (χ0v) is 8.94. The summed E-state index contributed by atoms with van der Waals surface area (Å²) < 4.78 is 11.6. The minimum atomic E-state index is -1.01. The first-order valence-electron chi connectivity index (χ1n) is 3.98. The zero-order chi connectivity index (χ0) is 9.68. The van der Waals surface area contributed by atoms with Crippen molar-refractivity contribution < 1.29 is 4.21 Å². The molecule has 0 spiro atoms. The lowest BCUT2D eigenvalue weighted by Gasteiger charge is -1.99. The molecule has 0 radical (unpaired) electrons. The molecule has 0 aromatic heterocycles. The SMILES string of the molecule is C/C=C(/Cl)CS(=O)c1ccccc1. The third-order valence-corrected chi connectivity index (χ3v) is 3.47. The Labute approximate surface area is 85.9 Å². The van der Waals surface area contributed by atoms with Gasteiger partial charge in [0.15, 0.2) is 0 Å². The molecule has 0 N–H and O–H groups in total. The lowest BCUT2D eigenvalue weighted by molar-refractivity contribution is 0.685. The van der Waals surface area contributed by atoms with Gasteiger partial charge in [-0.25, -0.2) is 0 Å². The molecule has 0 amide bonds. The Morgan fingerprint density at radius 1 is 1.46 bits per heavy atom. The van der Waals surface area contributed by atoms with Crippen LogP contribution in [0, 0.1) is 0 Å². The lowest BCUT2D eigenvalue weighted by atomic mass is 10.4. The van der Waals surface area contributed by atoms with Crippen LogP contribution in [-0.2, 0) is 10.8 Å². The molecule has 0 saturated heterocycles. The minimum absolute atomic E-state index is 0.405. The molecule has 3 heteroatoms. The van der Waals surface area contributed by atoms with Gasteiger partial charge in [-0.15, -0.1) is 0 Å². The second-order valence-corrected chi connectivity index (χ2v) is 4.48. The van der Waals surface area contributed by atoms with Gasteiger partial charge in [0.05, 0.1) is 16.6 Å². The zero-order valence-electron chi connectivity index (χ0n) is 7.37. The van der Waals surface area contributed by atoms with Gasteiger partial charge in [-0.3, -0.25) is 4.21 Å². The first-order chi connectivity index (χ1) is 6.24. The van der Waals surface area contributed by atoms with Crippen molar-refractivity contribution >= 4 is 22.4 Å². The molecule has 0 saturated carbocycles. The minimum Gasteiger partial charge on any atom is -0.254 e. The highest BCUT2D eigenvalue weighted by atomic mass is 35.5. The highest BCUT2D eigenvalue weighted by Gasteiger charge is 2.03. The molecule has 1 aromatic carbocycles. The Balaban J connectivity index is 2.70. The molecular weight excluding hydrogens is 204 g/mol. The van der Waals surface area contributed by atoms with Crippen LogP contribution in [0.2, 0.25) is 0 Å². The van der Waals surface area contributed by atoms with Gasteiger partial charge in [0.25, 0.3) is 0 Å². The van der Waals surface area contributed by atoms with E-state index in [-0.39, 0.29) is 0 Å². The summed E-state index contributed by atoms with van der Waals surface area (Å²) >= 11 is 5.78. The first-order valence-corrected chi connectivity index (χ1v) is 5.68. The first kappa shape index (κ1) is 10.5. The molecule has 0 fully saturated rings. The van der Waals surface area contributed by atoms with Crippen molar-refractivity contribution in [3.05, 3.63) is 41.4 Å². The van der Waals surface area contributed by atoms with Crippen LogP contribution >= 0.6 is 11.6 Å². The molecule has 1 nitrogen and oxygen atoms in total. The molecule has 70 valence electrons. The third-order valence-electron chi connectivity index (χ3n) is 1.59. The van der Waals surface area contributed by atoms with Crippen molar-refractivity contribution in [3.63, 3.8) is 0 Å². The van der Waals surface area contributed by atoms with E-state index < -0.39 is 10.8 Å². The lowest BCUT2D eigenvalue weighted by Crippen LogP contribution is -1.97. The summed E-state index contributed by atoms with van der Waals surface area (Å²) in [7, 11) is -1.01. The van der Waals surface area contributed by atoms with Crippen molar-refractivity contribution in [1.82, 2.24) is 0 Å². The van der Waals surface area contributed by atoms with Gasteiger partial charge in [0, 0.05) is 9.93 Å². The van der Waals surface area contributed by atoms with Crippen LogP contribution < -0.4 is 0 Å². The van der Waals surface area contributed by atoms with E-state index in [1.807, 2.05) is 37.3 Å². The molecule has 0 heterocycles. The summed E-state index contributed by atoms with van der Waals surface area (Å²) in [6.45, 7) is 1.84. The summed E-state index contributed by atoms with van der Waals surface area (Å²) in [5.41, 5.74) is 0. The Bertz CT molecular complexity index is 319. The van der Waals surface area contributed by atoms with Gasteiger partial charge in [0.1, 0.15) is 0 Å². The monoisotopic (exact) mass is 214 g/mol. The standard InChI is InChI=1S/C10H11ClOS/c1-2-9(11)8-13(12)10-6-4-3-5-7-10/h2-7H,8H2,1H3/b9-2+. The molecule has 1 aromatic rings. The highest BCUT2D eigenvalue weighted by Crippen LogP contribution is 2.11. The van der Waals surface area contributed by atoms with Crippen LogP contribution in [0.25, 0.3) is 0 Å². The predicted octanol–water partition coefficient (Wildman–Crippen LogP) is 2.94. The van der Waals surface area contributed by atoms with E-state index in [1.165, 1.54) is 0 Å². The molecule has 1 atom stereocenters. The number of hydrogen-bond acceptors (Lipinski definition) is 1. The number of allylic oxidation sites excluding steroid dienone is 1. The summed E-state index contributed by atoms with van der Waals surface area (Å²) in [6, 6.07) is 9.33. The van der Waals surface area contributed by atoms with E-state index in [9.17, 15) is 4.21 Å². The fourth-order valence-electron chi connectivity index (χ4n) is 0.864. The molecule has 1 rings (SSSR count). The average Bonchev–Trinajstić information content (AvgIpc) is 2.19. The maximum atomic E-state index is 11.6. The second-order valence-electron chi connectivity index (χ2n) is 2.54. The second kappa shape index (κ2) is 5.20. The topological polar surface area (TPSA) is 17.1 Å². The number of benzene rings is 1. The molecular formula is C10H11ClOS. The number of hydrogen-bond donors (Lipinski definition) is 0. The van der Waals surface area contributed by atoms with E-state index in [0.29, 0.717) is 10.8 Å². The largest absolute Gasteiger partial charge is 0.254 e. The van der Waals surface area contributed by atoms with E-state index in [1.54, 1.807) is 6.08 Å². The molecule has 0 aliphatic heterocycles. The maximum absolute atomic E-state index is 11.6. The van der Waals surface area contributed by atoms with Crippen LogP contribution in [0.5, 0.6) is 0 Å². The van der Waals surface area contributed by atoms with Crippen molar-refractivity contribution in [2.24, 2.45) is 0 Å². The molecule has 13 heavy (non-hydrogen) atoms. The summed E-state index contributed by atoms with van der Waals surface area (Å²) in [4.78, 5) is 0.822. The maximum Gasteiger partial charge on any atom is 0.0636 e. The van der Waals surface area contributed by atoms with Crippen molar-refractivity contribution in [2.45, 2.75) is 11.8 Å². The van der Waals surface area contributed by atoms with Gasteiger partial charge in [0.2, 0.25) is 0 Å². The van der Waals surface area contributed by atoms with Crippen LogP contribution in [0.4, 0.5) is 0 Å². The fraction of sp³-hybridized carbons (Fsp3) is 0.200. The quantitative estimate of drug-likeness (QED) is 0.756. The summed E-state index contributed by atoms with van der Waals surface area (Å²) in [5.74, 6) is 0.405. The smallest absolute Gasteiger partial charge is 0.0636 e.